The smallest absolute Gasteiger partial charge is 0.191 e. The maximum atomic E-state index is 4.40. The second kappa shape index (κ2) is 10.8. The molecule has 0 spiro atoms. The second-order valence-corrected chi connectivity index (χ2v) is 8.41. The molecule has 6 heteroatoms. The van der Waals surface area contributed by atoms with Crippen molar-refractivity contribution in [2.45, 2.75) is 45.4 Å². The van der Waals surface area contributed by atoms with Gasteiger partial charge in [-0.3, -0.25) is 9.67 Å². The molecule has 0 amide bonds. The van der Waals surface area contributed by atoms with E-state index in [4.69, 9.17) is 0 Å². The second-order valence-electron chi connectivity index (χ2n) is 8.41. The van der Waals surface area contributed by atoms with E-state index in [9.17, 15) is 0 Å². The van der Waals surface area contributed by atoms with Gasteiger partial charge in [0.15, 0.2) is 5.96 Å². The minimum absolute atomic E-state index is 0.106. The van der Waals surface area contributed by atoms with Crippen molar-refractivity contribution >= 4 is 5.96 Å². The van der Waals surface area contributed by atoms with Gasteiger partial charge in [0.25, 0.3) is 0 Å². The summed E-state index contributed by atoms with van der Waals surface area (Å²) < 4.78 is 1.94. The largest absolute Gasteiger partial charge is 0.355 e. The number of nitrogens with one attached hydrogen (secondary N) is 3. The average molecular weight is 419 g/mol. The first kappa shape index (κ1) is 22.6. The van der Waals surface area contributed by atoms with Crippen LogP contribution in [0.15, 0.2) is 78.0 Å². The molecule has 3 aromatic rings. The number of hydrogen-bond donors (Lipinski definition) is 3. The summed E-state index contributed by atoms with van der Waals surface area (Å²) in [6.45, 7) is 8.80. The Kier molecular flexibility index (Phi) is 7.84. The summed E-state index contributed by atoms with van der Waals surface area (Å²) in [6.07, 6.45) is 3.79. The predicted octanol–water partition coefficient (Wildman–Crippen LogP) is 3.73. The maximum Gasteiger partial charge on any atom is 0.191 e. The highest BCUT2D eigenvalue weighted by atomic mass is 15.3. The van der Waals surface area contributed by atoms with Crippen molar-refractivity contribution in [3.63, 3.8) is 0 Å². The Bertz CT molecular complexity index is 947. The zero-order chi connectivity index (χ0) is 22.1. The molecule has 0 radical (unpaired) electrons. The molecule has 1 atom stereocenters. The molecular weight excluding hydrogens is 384 g/mol. The maximum absolute atomic E-state index is 4.40. The van der Waals surface area contributed by atoms with Gasteiger partial charge in [0, 0.05) is 44.1 Å². The summed E-state index contributed by atoms with van der Waals surface area (Å²) in [5.41, 5.74) is 3.65. The zero-order valence-electron chi connectivity index (χ0n) is 19.0. The number of nitrogens with zero attached hydrogens (tertiary/aromatic N) is 3. The van der Waals surface area contributed by atoms with Crippen LogP contribution in [0.2, 0.25) is 0 Å². The van der Waals surface area contributed by atoms with Gasteiger partial charge in [-0.15, -0.1) is 0 Å². The van der Waals surface area contributed by atoms with Crippen molar-refractivity contribution in [1.82, 2.24) is 25.7 Å². The molecule has 0 saturated carbocycles. The Labute approximate surface area is 185 Å². The summed E-state index contributed by atoms with van der Waals surface area (Å²) in [5, 5.41) is 14.9. The minimum atomic E-state index is -0.106. The SMILES string of the molecule is CN=C(NCc1ccccc1Cn1cccn1)NCC(C)(C)NC(C)c1ccccc1. The van der Waals surface area contributed by atoms with E-state index in [0.717, 1.165) is 19.0 Å². The van der Waals surface area contributed by atoms with Crippen LogP contribution < -0.4 is 16.0 Å². The molecule has 164 valence electrons. The molecule has 6 nitrogen and oxygen atoms in total. The lowest BCUT2D eigenvalue weighted by atomic mass is 10.0. The standard InChI is InChI=1S/C25H34N6/c1-20(21-11-6-5-7-12-21)30-25(2,3)19-28-24(26-4)27-17-22-13-8-9-14-23(22)18-31-16-10-15-29-31/h5-16,20,30H,17-19H2,1-4H3,(H2,26,27,28). The van der Waals surface area contributed by atoms with Crippen LogP contribution in [0.1, 0.15) is 43.5 Å². The first-order valence-electron chi connectivity index (χ1n) is 10.8. The predicted molar refractivity (Wildman–Crippen MR) is 128 cm³/mol. The van der Waals surface area contributed by atoms with E-state index in [-0.39, 0.29) is 11.6 Å². The monoisotopic (exact) mass is 418 g/mol. The van der Waals surface area contributed by atoms with Crippen LogP contribution in [0.3, 0.4) is 0 Å². The lowest BCUT2D eigenvalue weighted by Crippen LogP contribution is -2.52. The third-order valence-corrected chi connectivity index (χ3v) is 5.28. The highest BCUT2D eigenvalue weighted by molar-refractivity contribution is 5.79. The number of benzene rings is 2. The fraction of sp³-hybridized carbons (Fsp3) is 0.360. The molecule has 3 N–H and O–H groups in total. The van der Waals surface area contributed by atoms with E-state index >= 15 is 0 Å². The summed E-state index contributed by atoms with van der Waals surface area (Å²) in [6, 6.07) is 21.2. The first-order valence-corrected chi connectivity index (χ1v) is 10.8. The summed E-state index contributed by atoms with van der Waals surface area (Å²) in [4.78, 5) is 4.40. The molecule has 1 aromatic heterocycles. The van der Waals surface area contributed by atoms with Gasteiger partial charge in [0.05, 0.1) is 6.54 Å². The molecule has 0 aliphatic carbocycles. The van der Waals surface area contributed by atoms with E-state index in [1.807, 2.05) is 23.0 Å². The third kappa shape index (κ3) is 6.96. The fourth-order valence-electron chi connectivity index (χ4n) is 3.62. The third-order valence-electron chi connectivity index (χ3n) is 5.28. The lowest BCUT2D eigenvalue weighted by Gasteiger charge is -2.31. The zero-order valence-corrected chi connectivity index (χ0v) is 19.0. The van der Waals surface area contributed by atoms with Crippen LogP contribution >= 0.6 is 0 Å². The van der Waals surface area contributed by atoms with Crippen molar-refractivity contribution < 1.29 is 0 Å². The molecule has 0 aliphatic rings. The van der Waals surface area contributed by atoms with Crippen LogP contribution in [0.25, 0.3) is 0 Å². The molecule has 0 bridgehead atoms. The van der Waals surface area contributed by atoms with Crippen LogP contribution in [-0.2, 0) is 13.1 Å². The number of guanidine groups is 1. The van der Waals surface area contributed by atoms with Crippen molar-refractivity contribution in [3.05, 3.63) is 89.7 Å². The van der Waals surface area contributed by atoms with E-state index < -0.39 is 0 Å². The van der Waals surface area contributed by atoms with Gasteiger partial charge in [-0.1, -0.05) is 54.6 Å². The van der Waals surface area contributed by atoms with Crippen LogP contribution in [0.5, 0.6) is 0 Å². The molecule has 31 heavy (non-hydrogen) atoms. The Morgan fingerprint density at radius 1 is 1.00 bits per heavy atom. The van der Waals surface area contributed by atoms with E-state index in [1.54, 1.807) is 13.2 Å². The topological polar surface area (TPSA) is 66.3 Å². The molecular formula is C25H34N6. The quantitative estimate of drug-likeness (QED) is 0.366. The van der Waals surface area contributed by atoms with Gasteiger partial charge >= 0.3 is 0 Å². The van der Waals surface area contributed by atoms with Crippen molar-refractivity contribution in [2.24, 2.45) is 4.99 Å². The summed E-state index contributed by atoms with van der Waals surface area (Å²) in [7, 11) is 1.80. The Morgan fingerprint density at radius 2 is 1.71 bits per heavy atom. The average Bonchev–Trinajstić information content (AvgIpc) is 3.28. The number of aromatic nitrogens is 2. The van der Waals surface area contributed by atoms with E-state index in [0.29, 0.717) is 6.54 Å². The van der Waals surface area contributed by atoms with Gasteiger partial charge in [-0.25, -0.2) is 0 Å². The van der Waals surface area contributed by atoms with Gasteiger partial charge in [0.1, 0.15) is 0 Å². The first-order chi connectivity index (χ1) is 15.0. The van der Waals surface area contributed by atoms with Crippen LogP contribution in [-0.4, -0.2) is 34.9 Å². The van der Waals surface area contributed by atoms with Gasteiger partial charge in [0.2, 0.25) is 0 Å². The lowest BCUT2D eigenvalue weighted by molar-refractivity contribution is 0.345. The van der Waals surface area contributed by atoms with Gasteiger partial charge in [-0.2, -0.15) is 5.10 Å². The molecule has 1 heterocycles. The molecule has 2 aromatic carbocycles. The van der Waals surface area contributed by atoms with E-state index in [2.05, 4.69) is 95.3 Å². The Morgan fingerprint density at radius 3 is 2.39 bits per heavy atom. The summed E-state index contributed by atoms with van der Waals surface area (Å²) >= 11 is 0. The fourth-order valence-corrected chi connectivity index (χ4v) is 3.62. The molecule has 0 saturated heterocycles. The highest BCUT2D eigenvalue weighted by Gasteiger charge is 2.21. The highest BCUT2D eigenvalue weighted by Crippen LogP contribution is 2.16. The van der Waals surface area contributed by atoms with Crippen molar-refractivity contribution in [3.8, 4) is 0 Å². The Balaban J connectivity index is 1.53. The normalized spacial score (nSPS) is 13.1. The molecule has 1 unspecified atom stereocenters. The summed E-state index contributed by atoms with van der Waals surface area (Å²) in [5.74, 6) is 0.788. The van der Waals surface area contributed by atoms with E-state index in [1.165, 1.54) is 16.7 Å². The van der Waals surface area contributed by atoms with Gasteiger partial charge in [-0.05, 0) is 43.5 Å². The number of aliphatic imine (C=N–C) groups is 1. The minimum Gasteiger partial charge on any atom is -0.355 e. The van der Waals surface area contributed by atoms with Gasteiger partial charge < -0.3 is 16.0 Å². The number of rotatable bonds is 9. The van der Waals surface area contributed by atoms with Crippen LogP contribution in [0.4, 0.5) is 0 Å². The van der Waals surface area contributed by atoms with Crippen molar-refractivity contribution in [1.29, 1.82) is 0 Å². The van der Waals surface area contributed by atoms with Crippen LogP contribution in [0, 0.1) is 0 Å². The number of hydrogen-bond acceptors (Lipinski definition) is 3. The molecule has 0 fully saturated rings. The molecule has 3 rings (SSSR count). The Hall–Kier alpha value is -3.12. The molecule has 0 aliphatic heterocycles. The van der Waals surface area contributed by atoms with Crippen molar-refractivity contribution in [2.75, 3.05) is 13.6 Å².